The van der Waals surface area contributed by atoms with E-state index in [0.717, 1.165) is 11.3 Å². The Hall–Kier alpha value is -1.84. The Kier molecular flexibility index (Phi) is 5.53. The van der Waals surface area contributed by atoms with Crippen molar-refractivity contribution in [3.05, 3.63) is 29.3 Å². The van der Waals surface area contributed by atoms with Gasteiger partial charge in [-0.3, -0.25) is 9.59 Å². The molecule has 0 atom stereocenters. The van der Waals surface area contributed by atoms with E-state index in [1.165, 1.54) is 12.5 Å². The van der Waals surface area contributed by atoms with Crippen LogP contribution in [0.1, 0.15) is 45.2 Å². The van der Waals surface area contributed by atoms with E-state index >= 15 is 0 Å². The lowest BCUT2D eigenvalue weighted by molar-refractivity contribution is -0.134. The van der Waals surface area contributed by atoms with Gasteiger partial charge in [-0.1, -0.05) is 6.07 Å². The van der Waals surface area contributed by atoms with Crippen LogP contribution in [-0.4, -0.2) is 28.8 Å². The summed E-state index contributed by atoms with van der Waals surface area (Å²) in [6.07, 6.45) is 0.295. The number of amides is 2. The first-order chi connectivity index (χ1) is 9.61. The molecule has 0 fully saturated rings. The molecule has 2 amide bonds. The van der Waals surface area contributed by atoms with Crippen LogP contribution in [0.4, 0.5) is 5.69 Å². The largest absolute Gasteiger partial charge is 0.338 e. The van der Waals surface area contributed by atoms with Gasteiger partial charge in [-0.15, -0.1) is 0 Å². The number of benzene rings is 1. The van der Waals surface area contributed by atoms with E-state index in [4.69, 9.17) is 0 Å². The van der Waals surface area contributed by atoms with Gasteiger partial charge in [-0.2, -0.15) is 0 Å². The molecule has 1 rings (SSSR count). The number of carbonyl (C=O) groups is 2. The number of aryl methyl sites for hydroxylation is 2. The van der Waals surface area contributed by atoms with Crippen molar-refractivity contribution in [3.8, 4) is 0 Å². The average Bonchev–Trinajstić information content (AvgIpc) is 2.32. The first-order valence-electron chi connectivity index (χ1n) is 7.26. The van der Waals surface area contributed by atoms with Crippen LogP contribution < -0.4 is 5.32 Å². The predicted octanol–water partition coefficient (Wildman–Crippen LogP) is 3.28. The Morgan fingerprint density at radius 3 is 2.24 bits per heavy atom. The molecular weight excluding hydrogens is 264 g/mol. The number of nitrogens with one attached hydrogen (secondary N) is 1. The summed E-state index contributed by atoms with van der Waals surface area (Å²) in [5.74, 6) is -0.0877. The normalized spacial score (nSPS) is 11.1. The van der Waals surface area contributed by atoms with Crippen molar-refractivity contribution in [1.29, 1.82) is 0 Å². The van der Waals surface area contributed by atoms with Crippen molar-refractivity contribution < 1.29 is 9.59 Å². The second-order valence-corrected chi connectivity index (χ2v) is 6.44. The molecule has 1 N–H and O–H groups in total. The van der Waals surface area contributed by atoms with Crippen LogP contribution >= 0.6 is 0 Å². The van der Waals surface area contributed by atoms with Gasteiger partial charge in [0, 0.05) is 31.1 Å². The molecule has 0 heterocycles. The summed E-state index contributed by atoms with van der Waals surface area (Å²) >= 11 is 0. The zero-order chi connectivity index (χ0) is 16.2. The molecule has 0 aromatic heterocycles. The van der Waals surface area contributed by atoms with Crippen LogP contribution in [-0.2, 0) is 9.59 Å². The molecule has 0 spiro atoms. The summed E-state index contributed by atoms with van der Waals surface area (Å²) < 4.78 is 0. The van der Waals surface area contributed by atoms with Gasteiger partial charge in [0.1, 0.15) is 0 Å². The van der Waals surface area contributed by atoms with Crippen molar-refractivity contribution in [1.82, 2.24) is 4.90 Å². The molecule has 0 bridgehead atoms. The highest BCUT2D eigenvalue weighted by Gasteiger charge is 2.23. The molecular formula is C17H26N2O2. The topological polar surface area (TPSA) is 49.4 Å². The summed E-state index contributed by atoms with van der Waals surface area (Å²) in [6.45, 7) is 11.9. The molecule has 0 saturated heterocycles. The standard InChI is InChI=1S/C17H26N2O2/c1-12-7-8-15(11-13(12)2)18-16(21)9-10-19(14(3)20)17(4,5)6/h7-8,11H,9-10H2,1-6H3,(H,18,21). The van der Waals surface area contributed by atoms with Gasteiger partial charge in [-0.05, 0) is 57.9 Å². The molecule has 116 valence electrons. The van der Waals surface area contributed by atoms with Crippen LogP contribution in [0.25, 0.3) is 0 Å². The van der Waals surface area contributed by atoms with Crippen molar-refractivity contribution in [2.24, 2.45) is 0 Å². The SMILES string of the molecule is CC(=O)N(CCC(=O)Nc1ccc(C)c(C)c1)C(C)(C)C. The minimum absolute atomic E-state index is 0.0125. The molecule has 1 aromatic rings. The van der Waals surface area contributed by atoms with Gasteiger partial charge in [-0.25, -0.2) is 0 Å². The van der Waals surface area contributed by atoms with Crippen LogP contribution in [0.5, 0.6) is 0 Å². The molecule has 0 aliphatic carbocycles. The average molecular weight is 290 g/mol. The van der Waals surface area contributed by atoms with E-state index in [2.05, 4.69) is 5.32 Å². The first-order valence-corrected chi connectivity index (χ1v) is 7.26. The number of rotatable bonds is 4. The minimum Gasteiger partial charge on any atom is -0.338 e. The fourth-order valence-electron chi connectivity index (χ4n) is 2.22. The lowest BCUT2D eigenvalue weighted by Gasteiger charge is -2.34. The monoisotopic (exact) mass is 290 g/mol. The molecule has 0 radical (unpaired) electrons. The van der Waals surface area contributed by atoms with E-state index < -0.39 is 0 Å². The molecule has 21 heavy (non-hydrogen) atoms. The third-order valence-corrected chi connectivity index (χ3v) is 3.54. The summed E-state index contributed by atoms with van der Waals surface area (Å²) in [6, 6.07) is 5.84. The lowest BCUT2D eigenvalue weighted by Crippen LogP contribution is -2.45. The Morgan fingerprint density at radius 1 is 1.14 bits per heavy atom. The summed E-state index contributed by atoms with van der Waals surface area (Å²) in [7, 11) is 0. The molecule has 4 nitrogen and oxygen atoms in total. The molecule has 0 unspecified atom stereocenters. The quantitative estimate of drug-likeness (QED) is 0.925. The van der Waals surface area contributed by atoms with Gasteiger partial charge in [0.25, 0.3) is 0 Å². The van der Waals surface area contributed by atoms with E-state index in [0.29, 0.717) is 13.0 Å². The van der Waals surface area contributed by atoms with Crippen molar-refractivity contribution in [2.75, 3.05) is 11.9 Å². The van der Waals surface area contributed by atoms with E-state index in [1.54, 1.807) is 4.90 Å². The van der Waals surface area contributed by atoms with Crippen LogP contribution in [0.15, 0.2) is 18.2 Å². The third-order valence-electron chi connectivity index (χ3n) is 3.54. The highest BCUT2D eigenvalue weighted by Crippen LogP contribution is 2.16. The Morgan fingerprint density at radius 2 is 1.76 bits per heavy atom. The number of hydrogen-bond donors (Lipinski definition) is 1. The van der Waals surface area contributed by atoms with Gasteiger partial charge in [0.15, 0.2) is 0 Å². The zero-order valence-corrected chi connectivity index (χ0v) is 13.9. The van der Waals surface area contributed by atoms with Crippen molar-refractivity contribution in [2.45, 2.75) is 53.5 Å². The number of anilines is 1. The summed E-state index contributed by atoms with van der Waals surface area (Å²) in [4.78, 5) is 25.4. The van der Waals surface area contributed by atoms with Gasteiger partial charge >= 0.3 is 0 Å². The number of nitrogens with zero attached hydrogens (tertiary/aromatic N) is 1. The van der Waals surface area contributed by atoms with Crippen LogP contribution in [0.2, 0.25) is 0 Å². The smallest absolute Gasteiger partial charge is 0.226 e. The van der Waals surface area contributed by atoms with Crippen LogP contribution in [0.3, 0.4) is 0 Å². The maximum Gasteiger partial charge on any atom is 0.226 e. The molecule has 0 aliphatic rings. The zero-order valence-electron chi connectivity index (χ0n) is 13.9. The predicted molar refractivity (Wildman–Crippen MR) is 86.3 cm³/mol. The first kappa shape index (κ1) is 17.2. The molecule has 4 heteroatoms. The second kappa shape index (κ2) is 6.74. The highest BCUT2D eigenvalue weighted by atomic mass is 16.2. The van der Waals surface area contributed by atoms with Gasteiger partial charge in [0.05, 0.1) is 0 Å². The van der Waals surface area contributed by atoms with Crippen LogP contribution in [0, 0.1) is 13.8 Å². The third kappa shape index (κ3) is 5.21. The lowest BCUT2D eigenvalue weighted by atomic mass is 10.1. The van der Waals surface area contributed by atoms with Gasteiger partial charge < -0.3 is 10.2 Å². The molecule has 0 aliphatic heterocycles. The van der Waals surface area contributed by atoms with Crippen molar-refractivity contribution in [3.63, 3.8) is 0 Å². The fraction of sp³-hybridized carbons (Fsp3) is 0.529. The molecule has 1 aromatic carbocycles. The van der Waals surface area contributed by atoms with E-state index in [1.807, 2.05) is 52.8 Å². The Labute approximate surface area is 127 Å². The molecule has 0 saturated carbocycles. The van der Waals surface area contributed by atoms with Crippen molar-refractivity contribution >= 4 is 17.5 Å². The Balaban J connectivity index is 2.61. The number of carbonyl (C=O) groups excluding carboxylic acids is 2. The summed E-state index contributed by atoms with van der Waals surface area (Å²) in [5, 5.41) is 2.88. The van der Waals surface area contributed by atoms with Gasteiger partial charge in [0.2, 0.25) is 11.8 Å². The maximum atomic E-state index is 12.0. The second-order valence-electron chi connectivity index (χ2n) is 6.44. The Bertz CT molecular complexity index is 530. The minimum atomic E-state index is -0.271. The fourth-order valence-corrected chi connectivity index (χ4v) is 2.22. The maximum absolute atomic E-state index is 12.0. The summed E-state index contributed by atoms with van der Waals surface area (Å²) in [5.41, 5.74) is 2.87. The highest BCUT2D eigenvalue weighted by molar-refractivity contribution is 5.91. The van der Waals surface area contributed by atoms with E-state index in [-0.39, 0.29) is 17.4 Å². The van der Waals surface area contributed by atoms with E-state index in [9.17, 15) is 9.59 Å². The number of hydrogen-bond acceptors (Lipinski definition) is 2.